The molecule has 7 nitrogen and oxygen atoms in total. The van der Waals surface area contributed by atoms with E-state index in [1.807, 2.05) is 35.0 Å². The molecule has 1 atom stereocenters. The Bertz CT molecular complexity index is 755. The number of nitrogens with zero attached hydrogens (tertiary/aromatic N) is 2. The monoisotopic (exact) mass is 330 g/mol. The zero-order valence-corrected chi connectivity index (χ0v) is 13.7. The van der Waals surface area contributed by atoms with Gasteiger partial charge in [0.2, 0.25) is 5.91 Å². The molecule has 0 radical (unpaired) electrons. The zero-order chi connectivity index (χ0) is 17.1. The summed E-state index contributed by atoms with van der Waals surface area (Å²) in [4.78, 5) is 26.1. The molecular formula is C17H22N4O3. The number of fused-ring (bicyclic) bond motifs is 1. The van der Waals surface area contributed by atoms with Crippen LogP contribution in [0.5, 0.6) is 0 Å². The van der Waals surface area contributed by atoms with E-state index in [1.165, 1.54) is 0 Å². The van der Waals surface area contributed by atoms with Gasteiger partial charge in [0.1, 0.15) is 6.04 Å². The van der Waals surface area contributed by atoms with Crippen molar-refractivity contribution in [2.45, 2.75) is 12.6 Å². The van der Waals surface area contributed by atoms with Gasteiger partial charge in [-0.3, -0.25) is 9.59 Å². The normalized spacial score (nSPS) is 18.0. The van der Waals surface area contributed by atoms with Crippen LogP contribution in [0.4, 0.5) is 0 Å². The molecule has 0 saturated carbocycles. The van der Waals surface area contributed by atoms with E-state index in [4.69, 9.17) is 10.5 Å². The van der Waals surface area contributed by atoms with Crippen LogP contribution in [0.15, 0.2) is 30.5 Å². The number of methoxy groups -OCH3 is 1. The van der Waals surface area contributed by atoms with Crippen molar-refractivity contribution in [3.63, 3.8) is 0 Å². The predicted molar refractivity (Wildman–Crippen MR) is 90.7 cm³/mol. The second kappa shape index (κ2) is 7.02. The number of carbonyl (C=O) groups excluding carboxylic acids is 2. The molecule has 1 aliphatic rings. The van der Waals surface area contributed by atoms with Gasteiger partial charge in [0.25, 0.3) is 5.91 Å². The lowest BCUT2D eigenvalue weighted by Crippen LogP contribution is -2.57. The minimum absolute atomic E-state index is 0.0740. The van der Waals surface area contributed by atoms with Gasteiger partial charge in [0, 0.05) is 50.4 Å². The standard InChI is InChI=1S/C17H22N4O3/c1-24-9-8-20-10-13(12-4-2-3-5-15(12)20)17(23)21-7-6-19-14(11-21)16(18)22/h2-5,10,14,19H,6-9,11H2,1H3,(H2,18,22)/t14-/m0/s1. The molecule has 1 aliphatic heterocycles. The third-order valence-electron chi connectivity index (χ3n) is 4.36. The molecule has 2 heterocycles. The topological polar surface area (TPSA) is 89.6 Å². The second-order valence-corrected chi connectivity index (χ2v) is 5.91. The summed E-state index contributed by atoms with van der Waals surface area (Å²) < 4.78 is 7.17. The number of nitrogens with one attached hydrogen (secondary N) is 1. The summed E-state index contributed by atoms with van der Waals surface area (Å²) in [5.41, 5.74) is 7.01. The first-order valence-corrected chi connectivity index (χ1v) is 8.00. The highest BCUT2D eigenvalue weighted by Crippen LogP contribution is 2.23. The number of benzene rings is 1. The molecule has 24 heavy (non-hydrogen) atoms. The van der Waals surface area contributed by atoms with E-state index < -0.39 is 11.9 Å². The summed E-state index contributed by atoms with van der Waals surface area (Å²) in [5.74, 6) is -0.509. The quantitative estimate of drug-likeness (QED) is 0.819. The third kappa shape index (κ3) is 3.13. The predicted octanol–water partition coefficient (Wildman–Crippen LogP) is 0.187. The summed E-state index contributed by atoms with van der Waals surface area (Å²) in [6.07, 6.45) is 1.87. The smallest absolute Gasteiger partial charge is 0.256 e. The lowest BCUT2D eigenvalue weighted by Gasteiger charge is -2.32. The Morgan fingerprint density at radius 3 is 2.92 bits per heavy atom. The molecule has 0 spiro atoms. The Balaban J connectivity index is 1.90. The SMILES string of the molecule is COCCn1cc(C(=O)N2CCN[C@H](C(N)=O)C2)c2ccccc21. The van der Waals surface area contributed by atoms with E-state index in [9.17, 15) is 9.59 Å². The molecule has 0 unspecified atom stereocenters. The van der Waals surface area contributed by atoms with Crippen molar-refractivity contribution in [1.82, 2.24) is 14.8 Å². The van der Waals surface area contributed by atoms with Gasteiger partial charge in [-0.15, -0.1) is 0 Å². The van der Waals surface area contributed by atoms with E-state index >= 15 is 0 Å². The van der Waals surface area contributed by atoms with Crippen LogP contribution in [0.2, 0.25) is 0 Å². The minimum atomic E-state index is -0.496. The Labute approximate surface area is 140 Å². The van der Waals surface area contributed by atoms with Crippen LogP contribution in [-0.4, -0.2) is 60.7 Å². The van der Waals surface area contributed by atoms with Gasteiger partial charge < -0.3 is 25.3 Å². The van der Waals surface area contributed by atoms with Crippen LogP contribution < -0.4 is 11.1 Å². The second-order valence-electron chi connectivity index (χ2n) is 5.91. The average Bonchev–Trinajstić information content (AvgIpc) is 2.98. The molecule has 3 N–H and O–H groups in total. The summed E-state index contributed by atoms with van der Waals surface area (Å²) in [6, 6.07) is 7.31. The van der Waals surface area contributed by atoms with Crippen LogP contribution in [-0.2, 0) is 16.1 Å². The molecule has 0 aliphatic carbocycles. The van der Waals surface area contributed by atoms with Gasteiger partial charge in [-0.2, -0.15) is 0 Å². The minimum Gasteiger partial charge on any atom is -0.383 e. The van der Waals surface area contributed by atoms with Gasteiger partial charge >= 0.3 is 0 Å². The van der Waals surface area contributed by atoms with Crippen LogP contribution in [0.25, 0.3) is 10.9 Å². The number of amides is 2. The number of carbonyl (C=O) groups is 2. The van der Waals surface area contributed by atoms with Crippen molar-refractivity contribution < 1.29 is 14.3 Å². The Morgan fingerprint density at radius 2 is 2.17 bits per heavy atom. The third-order valence-corrected chi connectivity index (χ3v) is 4.36. The zero-order valence-electron chi connectivity index (χ0n) is 13.7. The summed E-state index contributed by atoms with van der Waals surface area (Å²) >= 11 is 0. The fourth-order valence-electron chi connectivity index (χ4n) is 3.09. The number of hydrogen-bond donors (Lipinski definition) is 2. The number of rotatable bonds is 5. The Hall–Kier alpha value is -2.38. The molecule has 128 valence electrons. The van der Waals surface area contributed by atoms with Gasteiger partial charge in [-0.05, 0) is 6.07 Å². The number of ether oxygens (including phenoxy) is 1. The molecule has 1 fully saturated rings. The van der Waals surface area contributed by atoms with Crippen molar-refractivity contribution in [2.24, 2.45) is 5.73 Å². The van der Waals surface area contributed by atoms with E-state index in [0.29, 0.717) is 38.3 Å². The van der Waals surface area contributed by atoms with Crippen molar-refractivity contribution in [1.29, 1.82) is 0 Å². The molecule has 2 amide bonds. The molecule has 1 aromatic carbocycles. The highest BCUT2D eigenvalue weighted by atomic mass is 16.5. The summed E-state index contributed by atoms with van der Waals surface area (Å²) in [5, 5.41) is 3.94. The first-order chi connectivity index (χ1) is 11.6. The fourth-order valence-corrected chi connectivity index (χ4v) is 3.09. The maximum atomic E-state index is 13.0. The molecule has 3 rings (SSSR count). The van der Waals surface area contributed by atoms with Crippen LogP contribution in [0.3, 0.4) is 0 Å². The lowest BCUT2D eigenvalue weighted by molar-refractivity contribution is -0.120. The first kappa shape index (κ1) is 16.5. The molecular weight excluding hydrogens is 308 g/mol. The molecule has 2 aromatic rings. The van der Waals surface area contributed by atoms with Gasteiger partial charge in [0.05, 0.1) is 12.2 Å². The van der Waals surface area contributed by atoms with Gasteiger partial charge in [-0.1, -0.05) is 18.2 Å². The summed E-state index contributed by atoms with van der Waals surface area (Å²) in [7, 11) is 1.66. The van der Waals surface area contributed by atoms with Crippen molar-refractivity contribution in [3.05, 3.63) is 36.0 Å². The lowest BCUT2D eigenvalue weighted by atomic mass is 10.1. The molecule has 1 aromatic heterocycles. The molecule has 0 bridgehead atoms. The molecule has 7 heteroatoms. The summed E-state index contributed by atoms with van der Waals surface area (Å²) in [6.45, 7) is 2.66. The Morgan fingerprint density at radius 1 is 1.38 bits per heavy atom. The van der Waals surface area contributed by atoms with Gasteiger partial charge in [0.15, 0.2) is 0 Å². The molecule has 1 saturated heterocycles. The van der Waals surface area contributed by atoms with E-state index in [1.54, 1.807) is 12.0 Å². The van der Waals surface area contributed by atoms with Crippen molar-refractivity contribution in [3.8, 4) is 0 Å². The number of nitrogens with two attached hydrogens (primary N) is 1. The van der Waals surface area contributed by atoms with E-state index in [-0.39, 0.29) is 5.91 Å². The van der Waals surface area contributed by atoms with Crippen LogP contribution in [0, 0.1) is 0 Å². The largest absolute Gasteiger partial charge is 0.383 e. The highest BCUT2D eigenvalue weighted by molar-refractivity contribution is 6.07. The maximum Gasteiger partial charge on any atom is 0.256 e. The maximum absolute atomic E-state index is 13.0. The number of aromatic nitrogens is 1. The number of piperazine rings is 1. The van der Waals surface area contributed by atoms with E-state index in [2.05, 4.69) is 5.32 Å². The van der Waals surface area contributed by atoms with E-state index in [0.717, 1.165) is 10.9 Å². The average molecular weight is 330 g/mol. The van der Waals surface area contributed by atoms with Crippen LogP contribution in [0.1, 0.15) is 10.4 Å². The van der Waals surface area contributed by atoms with Gasteiger partial charge in [-0.25, -0.2) is 0 Å². The van der Waals surface area contributed by atoms with Crippen LogP contribution >= 0.6 is 0 Å². The fraction of sp³-hybridized carbons (Fsp3) is 0.412. The highest BCUT2D eigenvalue weighted by Gasteiger charge is 2.28. The van der Waals surface area contributed by atoms with Crippen molar-refractivity contribution in [2.75, 3.05) is 33.4 Å². The van der Waals surface area contributed by atoms with Crippen molar-refractivity contribution >= 4 is 22.7 Å². The number of para-hydroxylation sites is 1. The number of primary amides is 1. The Kier molecular flexibility index (Phi) is 4.82. The number of hydrogen-bond acceptors (Lipinski definition) is 4. The first-order valence-electron chi connectivity index (χ1n) is 8.00.